The van der Waals surface area contributed by atoms with Crippen LogP contribution in [0.2, 0.25) is 10.2 Å². The molecule has 0 spiro atoms. The van der Waals surface area contributed by atoms with Crippen LogP contribution in [0.1, 0.15) is 32.3 Å². The summed E-state index contributed by atoms with van der Waals surface area (Å²) in [6.07, 6.45) is 1.96. The predicted molar refractivity (Wildman–Crippen MR) is 96.7 cm³/mol. The molecule has 3 aromatic rings. The zero-order valence-electron chi connectivity index (χ0n) is 13.5. The van der Waals surface area contributed by atoms with E-state index in [9.17, 15) is 0 Å². The van der Waals surface area contributed by atoms with Crippen molar-refractivity contribution in [3.8, 4) is 0 Å². The van der Waals surface area contributed by atoms with Crippen molar-refractivity contribution in [2.45, 2.75) is 39.3 Å². The number of halogens is 2. The Morgan fingerprint density at radius 3 is 2.54 bits per heavy atom. The molecule has 6 nitrogen and oxygen atoms in total. The number of rotatable bonds is 6. The smallest absolute Gasteiger partial charge is 0.179 e. The molecular formula is C16H18Cl2N6. The van der Waals surface area contributed by atoms with Crippen LogP contribution >= 0.6 is 23.2 Å². The summed E-state index contributed by atoms with van der Waals surface area (Å²) in [6.45, 7) is 4.71. The van der Waals surface area contributed by atoms with Crippen LogP contribution in [0.5, 0.6) is 0 Å². The fourth-order valence-electron chi connectivity index (χ4n) is 2.55. The van der Waals surface area contributed by atoms with Gasteiger partial charge in [-0.1, -0.05) is 60.5 Å². The van der Waals surface area contributed by atoms with E-state index in [1.54, 1.807) is 4.68 Å². The van der Waals surface area contributed by atoms with E-state index in [1.165, 1.54) is 0 Å². The Balaban J connectivity index is 2.01. The van der Waals surface area contributed by atoms with Crippen molar-refractivity contribution in [3.05, 3.63) is 40.0 Å². The van der Waals surface area contributed by atoms with Crippen molar-refractivity contribution in [2.24, 2.45) is 0 Å². The molecule has 2 heterocycles. The first-order chi connectivity index (χ1) is 11.6. The lowest BCUT2D eigenvalue weighted by atomic mass is 10.2. The zero-order chi connectivity index (χ0) is 17.1. The summed E-state index contributed by atoms with van der Waals surface area (Å²) in [4.78, 5) is 0. The molecule has 0 unspecified atom stereocenters. The van der Waals surface area contributed by atoms with Crippen LogP contribution in [-0.2, 0) is 6.54 Å². The molecule has 8 heteroatoms. The van der Waals surface area contributed by atoms with Gasteiger partial charge in [-0.2, -0.15) is 0 Å². The summed E-state index contributed by atoms with van der Waals surface area (Å²) >= 11 is 12.5. The van der Waals surface area contributed by atoms with Crippen LogP contribution < -0.4 is 5.32 Å². The summed E-state index contributed by atoms with van der Waals surface area (Å²) in [5.74, 6) is 0.605. The van der Waals surface area contributed by atoms with Gasteiger partial charge >= 0.3 is 0 Å². The van der Waals surface area contributed by atoms with Crippen LogP contribution in [0.15, 0.2) is 24.3 Å². The maximum Gasteiger partial charge on any atom is 0.179 e. The lowest BCUT2D eigenvalue weighted by molar-refractivity contribution is 0.667. The third kappa shape index (κ3) is 3.30. The molecule has 1 aromatic carbocycles. The third-order valence-corrected chi connectivity index (χ3v) is 4.62. The molecule has 126 valence electrons. The molecule has 0 aliphatic heterocycles. The number of nitrogens with one attached hydrogen (secondary N) is 1. The molecule has 2 aromatic heterocycles. The van der Waals surface area contributed by atoms with E-state index in [4.69, 9.17) is 23.2 Å². The molecule has 0 fully saturated rings. The fourth-order valence-corrected chi connectivity index (χ4v) is 2.97. The number of anilines is 1. The molecule has 24 heavy (non-hydrogen) atoms. The van der Waals surface area contributed by atoms with Crippen LogP contribution in [0.25, 0.3) is 11.0 Å². The highest BCUT2D eigenvalue weighted by atomic mass is 35.5. The van der Waals surface area contributed by atoms with Gasteiger partial charge in [-0.25, -0.2) is 4.68 Å². The minimum atomic E-state index is 0.275. The van der Waals surface area contributed by atoms with Crippen LogP contribution in [0, 0.1) is 0 Å². The Labute approximate surface area is 150 Å². The number of nitrogens with zero attached hydrogens (tertiary/aromatic N) is 5. The van der Waals surface area contributed by atoms with E-state index in [-0.39, 0.29) is 5.15 Å². The lowest BCUT2D eigenvalue weighted by Crippen LogP contribution is -2.18. The summed E-state index contributed by atoms with van der Waals surface area (Å²) in [7, 11) is 0. The Kier molecular flexibility index (Phi) is 5.16. The van der Waals surface area contributed by atoms with Gasteiger partial charge in [0.2, 0.25) is 0 Å². The molecule has 0 saturated heterocycles. The van der Waals surface area contributed by atoms with E-state index < -0.39 is 0 Å². The molecule has 0 atom stereocenters. The molecule has 1 N–H and O–H groups in total. The van der Waals surface area contributed by atoms with E-state index in [2.05, 4.69) is 39.7 Å². The summed E-state index contributed by atoms with van der Waals surface area (Å²) in [5.41, 5.74) is 2.21. The SMILES string of the molecule is CCC(CC)Nc1nnc(Cl)c2c1nnn2Cc1ccccc1Cl. The van der Waals surface area contributed by atoms with E-state index >= 15 is 0 Å². The second-order valence-electron chi connectivity index (χ2n) is 5.53. The molecule has 0 radical (unpaired) electrons. The monoisotopic (exact) mass is 364 g/mol. The second kappa shape index (κ2) is 7.32. The number of hydrogen-bond donors (Lipinski definition) is 1. The minimum Gasteiger partial charge on any atom is -0.364 e. The van der Waals surface area contributed by atoms with E-state index in [0.29, 0.717) is 34.5 Å². The Bertz CT molecular complexity index is 844. The molecular weight excluding hydrogens is 347 g/mol. The van der Waals surface area contributed by atoms with E-state index in [1.807, 2.05) is 24.3 Å². The van der Waals surface area contributed by atoms with Gasteiger partial charge < -0.3 is 5.32 Å². The Morgan fingerprint density at radius 1 is 1.08 bits per heavy atom. The lowest BCUT2D eigenvalue weighted by Gasteiger charge is -2.15. The first-order valence-corrected chi connectivity index (χ1v) is 8.64. The predicted octanol–water partition coefficient (Wildman–Crippen LogP) is 4.18. The fraction of sp³-hybridized carbons (Fsp3) is 0.375. The van der Waals surface area contributed by atoms with Crippen molar-refractivity contribution < 1.29 is 0 Å². The zero-order valence-corrected chi connectivity index (χ0v) is 15.0. The normalized spacial score (nSPS) is 11.4. The quantitative estimate of drug-likeness (QED) is 0.710. The maximum atomic E-state index is 6.25. The summed E-state index contributed by atoms with van der Waals surface area (Å²) < 4.78 is 1.70. The molecule has 0 bridgehead atoms. The first kappa shape index (κ1) is 16.9. The largest absolute Gasteiger partial charge is 0.364 e. The number of hydrogen-bond acceptors (Lipinski definition) is 5. The van der Waals surface area contributed by atoms with Crippen LogP contribution in [-0.4, -0.2) is 31.2 Å². The molecule has 0 aliphatic carbocycles. The van der Waals surface area contributed by atoms with Crippen LogP contribution in [0.4, 0.5) is 5.82 Å². The van der Waals surface area contributed by atoms with Crippen molar-refractivity contribution in [3.63, 3.8) is 0 Å². The standard InChI is InChI=1S/C16H18Cl2N6/c1-3-11(4-2)19-16-13-14(15(18)21-22-16)24(23-20-13)9-10-7-5-6-8-12(10)17/h5-8,11H,3-4,9H2,1-2H3,(H,19,22). The number of benzene rings is 1. The van der Waals surface area contributed by atoms with Crippen molar-refractivity contribution >= 4 is 40.1 Å². The number of fused-ring (bicyclic) bond motifs is 1. The van der Waals surface area contributed by atoms with Gasteiger partial charge in [0, 0.05) is 11.1 Å². The van der Waals surface area contributed by atoms with Gasteiger partial charge in [-0.3, -0.25) is 0 Å². The molecule has 0 saturated carbocycles. The maximum absolute atomic E-state index is 6.25. The van der Waals surface area contributed by atoms with Gasteiger partial charge in [0.05, 0.1) is 6.54 Å². The van der Waals surface area contributed by atoms with Gasteiger partial charge in [-0.15, -0.1) is 15.3 Å². The van der Waals surface area contributed by atoms with Crippen molar-refractivity contribution in [1.29, 1.82) is 0 Å². The van der Waals surface area contributed by atoms with Gasteiger partial charge in [0.25, 0.3) is 0 Å². The molecule has 0 amide bonds. The van der Waals surface area contributed by atoms with Gasteiger partial charge in [0.1, 0.15) is 5.52 Å². The third-order valence-electron chi connectivity index (χ3n) is 4.00. The summed E-state index contributed by atoms with van der Waals surface area (Å²) in [5, 5.41) is 21.0. The topological polar surface area (TPSA) is 68.5 Å². The average Bonchev–Trinajstić information content (AvgIpc) is 3.01. The highest BCUT2D eigenvalue weighted by Gasteiger charge is 2.18. The van der Waals surface area contributed by atoms with Crippen molar-refractivity contribution in [1.82, 2.24) is 25.2 Å². The molecule has 0 aliphatic rings. The Hall–Kier alpha value is -1.92. The van der Waals surface area contributed by atoms with E-state index in [0.717, 1.165) is 18.4 Å². The van der Waals surface area contributed by atoms with Gasteiger partial charge in [-0.05, 0) is 24.5 Å². The van der Waals surface area contributed by atoms with Crippen LogP contribution in [0.3, 0.4) is 0 Å². The first-order valence-electron chi connectivity index (χ1n) is 7.89. The highest BCUT2D eigenvalue weighted by Crippen LogP contribution is 2.26. The van der Waals surface area contributed by atoms with Gasteiger partial charge in [0.15, 0.2) is 16.5 Å². The Morgan fingerprint density at radius 2 is 1.83 bits per heavy atom. The van der Waals surface area contributed by atoms with Crippen molar-refractivity contribution in [2.75, 3.05) is 5.32 Å². The number of aromatic nitrogens is 5. The second-order valence-corrected chi connectivity index (χ2v) is 6.30. The summed E-state index contributed by atoms with van der Waals surface area (Å²) in [6, 6.07) is 7.92. The average molecular weight is 365 g/mol. The minimum absolute atomic E-state index is 0.275. The highest BCUT2D eigenvalue weighted by molar-refractivity contribution is 6.34. The molecule has 3 rings (SSSR count).